The SMILES string of the molecule is COc1ccc(C(=O)C(C)N)c(OC)c1Br. The molecule has 0 heterocycles. The molecule has 5 heteroatoms. The van der Waals surface area contributed by atoms with Crippen LogP contribution in [-0.2, 0) is 0 Å². The molecule has 0 aliphatic rings. The van der Waals surface area contributed by atoms with Gasteiger partial charge in [-0.3, -0.25) is 4.79 Å². The van der Waals surface area contributed by atoms with Crippen LogP contribution in [0, 0.1) is 0 Å². The lowest BCUT2D eigenvalue weighted by molar-refractivity contribution is 0.0965. The molecule has 2 N–H and O–H groups in total. The number of benzene rings is 1. The predicted octanol–water partition coefficient (Wildman–Crippen LogP) is 2.00. The fourth-order valence-electron chi connectivity index (χ4n) is 1.33. The van der Waals surface area contributed by atoms with Crippen molar-refractivity contribution in [3.63, 3.8) is 0 Å². The molecule has 16 heavy (non-hydrogen) atoms. The van der Waals surface area contributed by atoms with Gasteiger partial charge in [0.15, 0.2) is 5.78 Å². The number of ether oxygens (including phenoxy) is 2. The lowest BCUT2D eigenvalue weighted by Crippen LogP contribution is -2.27. The fourth-order valence-corrected chi connectivity index (χ4v) is 2.00. The van der Waals surface area contributed by atoms with Crippen molar-refractivity contribution in [2.45, 2.75) is 13.0 Å². The Morgan fingerprint density at radius 2 is 2.00 bits per heavy atom. The van der Waals surface area contributed by atoms with E-state index in [1.165, 1.54) is 7.11 Å². The van der Waals surface area contributed by atoms with Crippen LogP contribution in [0.2, 0.25) is 0 Å². The van der Waals surface area contributed by atoms with Crippen molar-refractivity contribution in [1.82, 2.24) is 0 Å². The molecule has 1 atom stereocenters. The van der Waals surface area contributed by atoms with Gasteiger partial charge in [0.25, 0.3) is 0 Å². The van der Waals surface area contributed by atoms with E-state index in [0.717, 1.165) is 0 Å². The lowest BCUT2D eigenvalue weighted by atomic mass is 10.0. The Hall–Kier alpha value is -1.07. The first-order chi connectivity index (χ1) is 7.52. The largest absolute Gasteiger partial charge is 0.495 e. The van der Waals surface area contributed by atoms with Crippen LogP contribution in [0.4, 0.5) is 0 Å². The maximum Gasteiger partial charge on any atom is 0.182 e. The Bertz CT molecular complexity index is 404. The number of hydrogen-bond acceptors (Lipinski definition) is 4. The van der Waals surface area contributed by atoms with Crippen molar-refractivity contribution >= 4 is 21.7 Å². The van der Waals surface area contributed by atoms with Gasteiger partial charge in [0.1, 0.15) is 16.0 Å². The summed E-state index contributed by atoms with van der Waals surface area (Å²) in [6, 6.07) is 2.78. The van der Waals surface area contributed by atoms with E-state index in [1.54, 1.807) is 26.2 Å². The second-order valence-corrected chi connectivity index (χ2v) is 4.11. The molecule has 0 aromatic heterocycles. The average Bonchev–Trinajstić information content (AvgIpc) is 2.27. The highest BCUT2D eigenvalue weighted by molar-refractivity contribution is 9.10. The smallest absolute Gasteiger partial charge is 0.182 e. The number of rotatable bonds is 4. The van der Waals surface area contributed by atoms with E-state index in [-0.39, 0.29) is 5.78 Å². The second-order valence-electron chi connectivity index (χ2n) is 3.32. The van der Waals surface area contributed by atoms with Crippen molar-refractivity contribution < 1.29 is 14.3 Å². The van der Waals surface area contributed by atoms with E-state index in [9.17, 15) is 4.79 Å². The molecular formula is C11H14BrNO3. The number of ketones is 1. The van der Waals surface area contributed by atoms with Crippen LogP contribution < -0.4 is 15.2 Å². The number of carbonyl (C=O) groups is 1. The normalized spacial score (nSPS) is 12.1. The maximum absolute atomic E-state index is 11.8. The molecule has 0 aliphatic heterocycles. The third-order valence-corrected chi connectivity index (χ3v) is 2.92. The van der Waals surface area contributed by atoms with Gasteiger partial charge in [-0.1, -0.05) is 0 Å². The van der Waals surface area contributed by atoms with Crippen molar-refractivity contribution in [1.29, 1.82) is 0 Å². The zero-order valence-corrected chi connectivity index (χ0v) is 11.0. The zero-order chi connectivity index (χ0) is 12.3. The fraction of sp³-hybridized carbons (Fsp3) is 0.364. The maximum atomic E-state index is 11.8. The van der Waals surface area contributed by atoms with Gasteiger partial charge in [0.2, 0.25) is 0 Å². The lowest BCUT2D eigenvalue weighted by Gasteiger charge is -2.13. The summed E-state index contributed by atoms with van der Waals surface area (Å²) in [6.07, 6.45) is 0. The third-order valence-electron chi connectivity index (χ3n) is 2.16. The van der Waals surface area contributed by atoms with E-state index < -0.39 is 6.04 Å². The summed E-state index contributed by atoms with van der Waals surface area (Å²) in [5.41, 5.74) is 6.01. The van der Waals surface area contributed by atoms with Crippen LogP contribution >= 0.6 is 15.9 Å². The van der Waals surface area contributed by atoms with Gasteiger partial charge in [-0.05, 0) is 35.0 Å². The van der Waals surface area contributed by atoms with Gasteiger partial charge < -0.3 is 15.2 Å². The molecule has 0 amide bonds. The first-order valence-corrected chi connectivity index (χ1v) is 5.52. The van der Waals surface area contributed by atoms with Gasteiger partial charge in [0.05, 0.1) is 25.8 Å². The molecular weight excluding hydrogens is 274 g/mol. The number of methoxy groups -OCH3 is 2. The molecule has 0 bridgehead atoms. The highest BCUT2D eigenvalue weighted by Crippen LogP contribution is 2.37. The summed E-state index contributed by atoms with van der Waals surface area (Å²) >= 11 is 3.33. The minimum absolute atomic E-state index is 0.166. The van der Waals surface area contributed by atoms with Crippen LogP contribution in [-0.4, -0.2) is 26.0 Å². The van der Waals surface area contributed by atoms with E-state index in [1.807, 2.05) is 0 Å². The van der Waals surface area contributed by atoms with E-state index in [2.05, 4.69) is 15.9 Å². The Kier molecular flexibility index (Phi) is 4.32. The van der Waals surface area contributed by atoms with Crippen LogP contribution in [0.3, 0.4) is 0 Å². The minimum Gasteiger partial charge on any atom is -0.495 e. The summed E-state index contributed by atoms with van der Waals surface area (Å²) < 4.78 is 10.9. The van der Waals surface area contributed by atoms with Crippen LogP contribution in [0.15, 0.2) is 16.6 Å². The molecule has 0 spiro atoms. The van der Waals surface area contributed by atoms with Gasteiger partial charge in [0, 0.05) is 0 Å². The van der Waals surface area contributed by atoms with E-state index in [4.69, 9.17) is 15.2 Å². The molecule has 0 fully saturated rings. The van der Waals surface area contributed by atoms with Gasteiger partial charge in [-0.25, -0.2) is 0 Å². The molecule has 0 saturated heterocycles. The summed E-state index contributed by atoms with van der Waals surface area (Å²) in [4.78, 5) is 11.8. The van der Waals surface area contributed by atoms with Gasteiger partial charge in [-0.2, -0.15) is 0 Å². The average molecular weight is 288 g/mol. The summed E-state index contributed by atoms with van der Waals surface area (Å²) in [7, 11) is 3.05. The number of halogens is 1. The molecule has 1 rings (SSSR count). The van der Waals surface area contributed by atoms with Gasteiger partial charge >= 0.3 is 0 Å². The molecule has 0 radical (unpaired) electrons. The minimum atomic E-state index is -0.561. The summed E-state index contributed by atoms with van der Waals surface area (Å²) in [5.74, 6) is 0.889. The molecule has 1 aromatic rings. The summed E-state index contributed by atoms with van der Waals surface area (Å²) in [5, 5.41) is 0. The number of carbonyl (C=O) groups excluding carboxylic acids is 1. The first kappa shape index (κ1) is 13.0. The van der Waals surface area contributed by atoms with E-state index in [0.29, 0.717) is 21.5 Å². The number of nitrogens with two attached hydrogens (primary N) is 1. The highest BCUT2D eigenvalue weighted by atomic mass is 79.9. The monoisotopic (exact) mass is 287 g/mol. The predicted molar refractivity (Wildman–Crippen MR) is 65.2 cm³/mol. The molecule has 0 saturated carbocycles. The quantitative estimate of drug-likeness (QED) is 0.861. The molecule has 1 unspecified atom stereocenters. The van der Waals surface area contributed by atoms with Crippen molar-refractivity contribution in [3.05, 3.63) is 22.2 Å². The van der Waals surface area contributed by atoms with Crippen molar-refractivity contribution in [2.75, 3.05) is 14.2 Å². The van der Waals surface area contributed by atoms with Gasteiger partial charge in [-0.15, -0.1) is 0 Å². The number of Topliss-reactive ketones (excluding diaryl/α,β-unsaturated/α-hetero) is 1. The first-order valence-electron chi connectivity index (χ1n) is 4.73. The molecule has 0 aliphatic carbocycles. The highest BCUT2D eigenvalue weighted by Gasteiger charge is 2.20. The van der Waals surface area contributed by atoms with Crippen LogP contribution in [0.1, 0.15) is 17.3 Å². The standard InChI is InChI=1S/C11H14BrNO3/c1-6(13)10(14)7-4-5-8(15-2)9(12)11(7)16-3/h4-6H,13H2,1-3H3. The topological polar surface area (TPSA) is 61.5 Å². The summed E-state index contributed by atoms with van der Waals surface area (Å²) in [6.45, 7) is 1.64. The van der Waals surface area contributed by atoms with Crippen molar-refractivity contribution in [2.24, 2.45) is 5.73 Å². The third kappa shape index (κ3) is 2.36. The van der Waals surface area contributed by atoms with Crippen molar-refractivity contribution in [3.8, 4) is 11.5 Å². The molecule has 88 valence electrons. The van der Waals surface area contributed by atoms with Crippen LogP contribution in [0.5, 0.6) is 11.5 Å². The number of hydrogen-bond donors (Lipinski definition) is 1. The Labute approximate surface area is 103 Å². The molecule has 4 nitrogen and oxygen atoms in total. The zero-order valence-electron chi connectivity index (χ0n) is 9.41. The van der Waals surface area contributed by atoms with Crippen LogP contribution in [0.25, 0.3) is 0 Å². The van der Waals surface area contributed by atoms with E-state index >= 15 is 0 Å². The Morgan fingerprint density at radius 3 is 2.44 bits per heavy atom. The Balaban J connectivity index is 3.31. The molecule has 1 aromatic carbocycles. The Morgan fingerprint density at radius 1 is 1.38 bits per heavy atom. The second kappa shape index (κ2) is 5.32.